The number of aromatic nitrogens is 4. The molecule has 0 fully saturated rings. The number of carbonyl (C=O) groups is 1. The van der Waals surface area contributed by atoms with E-state index in [-0.39, 0.29) is 11.6 Å². The molecule has 1 aromatic carbocycles. The van der Waals surface area contributed by atoms with Gasteiger partial charge in [0.1, 0.15) is 23.4 Å². The molecule has 142 valence electrons. The maximum Gasteiger partial charge on any atom is 0.287 e. The Bertz CT molecular complexity index is 1080. The van der Waals surface area contributed by atoms with E-state index >= 15 is 0 Å². The van der Waals surface area contributed by atoms with Gasteiger partial charge < -0.3 is 14.3 Å². The minimum Gasteiger partial charge on any atom is -0.454 e. The van der Waals surface area contributed by atoms with Gasteiger partial charge in [-0.05, 0) is 35.9 Å². The lowest BCUT2D eigenvalue weighted by atomic mass is 10.1. The lowest BCUT2D eigenvalue weighted by Gasteiger charge is -2.18. The molecule has 0 aliphatic rings. The summed E-state index contributed by atoms with van der Waals surface area (Å²) in [6.07, 6.45) is 6.88. The van der Waals surface area contributed by atoms with Crippen LogP contribution in [-0.4, -0.2) is 25.2 Å². The highest BCUT2D eigenvalue weighted by atomic mass is 19.1. The Morgan fingerprint density at radius 2 is 2.11 bits per heavy atom. The molecule has 28 heavy (non-hydrogen) atoms. The van der Waals surface area contributed by atoms with E-state index in [1.54, 1.807) is 52.1 Å². The summed E-state index contributed by atoms with van der Waals surface area (Å²) in [7, 11) is 1.82. The molecule has 1 amide bonds. The first-order chi connectivity index (χ1) is 13.6. The van der Waals surface area contributed by atoms with Crippen LogP contribution in [0.1, 0.15) is 33.7 Å². The van der Waals surface area contributed by atoms with Crippen LogP contribution in [0.4, 0.5) is 4.39 Å². The Morgan fingerprint density at radius 3 is 2.82 bits per heavy atom. The van der Waals surface area contributed by atoms with Crippen LogP contribution >= 0.6 is 0 Å². The van der Waals surface area contributed by atoms with Gasteiger partial charge in [-0.1, -0.05) is 12.1 Å². The van der Waals surface area contributed by atoms with Crippen LogP contribution in [0.5, 0.6) is 0 Å². The van der Waals surface area contributed by atoms with Crippen LogP contribution in [0, 0.1) is 5.82 Å². The molecule has 1 atom stereocenters. The third-order valence-corrected chi connectivity index (χ3v) is 4.34. The molecule has 0 saturated carbocycles. The van der Waals surface area contributed by atoms with Crippen molar-refractivity contribution in [1.82, 2.24) is 24.6 Å². The fraction of sp³-hybridized carbons (Fsp3) is 0.150. The zero-order valence-corrected chi connectivity index (χ0v) is 15.1. The van der Waals surface area contributed by atoms with Crippen molar-refractivity contribution in [3.63, 3.8) is 0 Å². The average Bonchev–Trinajstić information content (AvgIpc) is 3.43. The molecule has 7 nitrogen and oxygen atoms in total. The average molecular weight is 379 g/mol. The first-order valence-corrected chi connectivity index (χ1v) is 8.70. The molecular weight excluding hydrogens is 361 g/mol. The first kappa shape index (κ1) is 17.7. The molecule has 3 heterocycles. The van der Waals surface area contributed by atoms with Crippen molar-refractivity contribution in [1.29, 1.82) is 0 Å². The van der Waals surface area contributed by atoms with Crippen molar-refractivity contribution < 1.29 is 13.6 Å². The molecule has 1 unspecified atom stereocenters. The summed E-state index contributed by atoms with van der Waals surface area (Å²) >= 11 is 0. The Balaban J connectivity index is 1.57. The van der Waals surface area contributed by atoms with Gasteiger partial charge in [0.15, 0.2) is 5.76 Å². The van der Waals surface area contributed by atoms with Crippen molar-refractivity contribution >= 4 is 5.91 Å². The van der Waals surface area contributed by atoms with Gasteiger partial charge in [0.05, 0.1) is 6.54 Å². The van der Waals surface area contributed by atoms with E-state index in [1.165, 1.54) is 12.1 Å². The number of hydrogen-bond acceptors (Lipinski definition) is 4. The highest BCUT2D eigenvalue weighted by Crippen LogP contribution is 2.22. The molecule has 4 aromatic rings. The van der Waals surface area contributed by atoms with Gasteiger partial charge in [0, 0.05) is 31.8 Å². The van der Waals surface area contributed by atoms with Gasteiger partial charge in [-0.2, -0.15) is 5.10 Å². The molecule has 0 spiro atoms. The highest BCUT2D eigenvalue weighted by Gasteiger charge is 2.23. The second kappa shape index (κ2) is 7.51. The number of hydrogen-bond donors (Lipinski definition) is 1. The fourth-order valence-electron chi connectivity index (χ4n) is 2.98. The lowest BCUT2D eigenvalue weighted by molar-refractivity contribution is 0.0911. The number of carbonyl (C=O) groups excluding carboxylic acids is 1. The van der Waals surface area contributed by atoms with Gasteiger partial charge in [-0.3, -0.25) is 9.48 Å². The van der Waals surface area contributed by atoms with Crippen LogP contribution < -0.4 is 5.32 Å². The Morgan fingerprint density at radius 1 is 1.21 bits per heavy atom. The topological polar surface area (TPSA) is 77.9 Å². The third kappa shape index (κ3) is 3.71. The molecule has 1 N–H and O–H groups in total. The van der Waals surface area contributed by atoms with Gasteiger partial charge in [-0.25, -0.2) is 9.37 Å². The summed E-state index contributed by atoms with van der Waals surface area (Å²) in [5.74, 6) is 0.558. The Labute approximate surface area is 160 Å². The van der Waals surface area contributed by atoms with E-state index in [0.29, 0.717) is 23.7 Å². The van der Waals surface area contributed by atoms with Crippen molar-refractivity contribution in [3.8, 4) is 0 Å². The smallest absolute Gasteiger partial charge is 0.287 e. The fourth-order valence-corrected chi connectivity index (χ4v) is 2.98. The Hall–Kier alpha value is -3.68. The molecule has 0 saturated heterocycles. The number of amides is 1. The number of imidazole rings is 1. The maximum atomic E-state index is 13.7. The van der Waals surface area contributed by atoms with E-state index < -0.39 is 11.9 Å². The predicted octanol–water partition coefficient (Wildman–Crippen LogP) is 2.92. The number of halogens is 1. The SMILES string of the molecule is Cn1ccnc1C(NC(=O)c1ccc(Cn2cccn2)o1)c1cccc(F)c1. The molecule has 0 aliphatic heterocycles. The molecule has 0 bridgehead atoms. The van der Waals surface area contributed by atoms with Crippen LogP contribution in [-0.2, 0) is 13.6 Å². The van der Waals surface area contributed by atoms with Crippen molar-refractivity contribution in [2.75, 3.05) is 0 Å². The summed E-state index contributed by atoms with van der Waals surface area (Å²) in [6, 6.07) is 10.6. The molecule has 8 heteroatoms. The zero-order valence-electron chi connectivity index (χ0n) is 15.1. The number of rotatable bonds is 6. The highest BCUT2D eigenvalue weighted by molar-refractivity contribution is 5.92. The van der Waals surface area contributed by atoms with Crippen LogP contribution in [0.25, 0.3) is 0 Å². The van der Waals surface area contributed by atoms with Gasteiger partial charge in [0.25, 0.3) is 5.91 Å². The van der Waals surface area contributed by atoms with E-state index in [2.05, 4.69) is 15.4 Å². The minimum atomic E-state index is -0.622. The quantitative estimate of drug-likeness (QED) is 0.559. The van der Waals surface area contributed by atoms with E-state index in [9.17, 15) is 9.18 Å². The van der Waals surface area contributed by atoms with Gasteiger partial charge >= 0.3 is 0 Å². The summed E-state index contributed by atoms with van der Waals surface area (Å²) in [6.45, 7) is 0.424. The minimum absolute atomic E-state index is 0.165. The summed E-state index contributed by atoms with van der Waals surface area (Å²) in [5, 5.41) is 7.00. The monoisotopic (exact) mass is 379 g/mol. The van der Waals surface area contributed by atoms with Crippen LogP contribution in [0.15, 0.2) is 71.7 Å². The number of nitrogens with zero attached hydrogens (tertiary/aromatic N) is 4. The summed E-state index contributed by atoms with van der Waals surface area (Å²) in [5.41, 5.74) is 0.589. The molecule has 3 aromatic heterocycles. The van der Waals surface area contributed by atoms with Crippen molar-refractivity contribution in [2.24, 2.45) is 7.05 Å². The van der Waals surface area contributed by atoms with E-state index in [4.69, 9.17) is 4.42 Å². The van der Waals surface area contributed by atoms with E-state index in [1.807, 2.05) is 19.3 Å². The summed E-state index contributed by atoms with van der Waals surface area (Å²) in [4.78, 5) is 17.1. The first-order valence-electron chi connectivity index (χ1n) is 8.70. The number of furan rings is 1. The second-order valence-electron chi connectivity index (χ2n) is 6.33. The number of benzene rings is 1. The van der Waals surface area contributed by atoms with E-state index in [0.717, 1.165) is 0 Å². The standard InChI is InChI=1S/C20H18FN5O2/c1-25-11-9-22-19(25)18(14-4-2-5-15(21)12-14)24-20(27)17-7-6-16(28-17)13-26-10-3-8-23-26/h2-12,18H,13H2,1H3,(H,24,27). The number of aryl methyl sites for hydroxylation is 1. The van der Waals surface area contributed by atoms with Gasteiger partial charge in [-0.15, -0.1) is 0 Å². The van der Waals surface area contributed by atoms with Gasteiger partial charge in [0.2, 0.25) is 0 Å². The predicted molar refractivity (Wildman–Crippen MR) is 99.0 cm³/mol. The second-order valence-corrected chi connectivity index (χ2v) is 6.33. The largest absolute Gasteiger partial charge is 0.454 e. The molecular formula is C20H18FN5O2. The molecule has 0 aliphatic carbocycles. The molecule has 0 radical (unpaired) electrons. The lowest BCUT2D eigenvalue weighted by Crippen LogP contribution is -2.31. The number of nitrogens with one attached hydrogen (secondary N) is 1. The van der Waals surface area contributed by atoms with Crippen molar-refractivity contribution in [3.05, 3.63) is 96.0 Å². The Kier molecular flexibility index (Phi) is 4.76. The van der Waals surface area contributed by atoms with Crippen LogP contribution in [0.2, 0.25) is 0 Å². The molecule has 4 rings (SSSR count). The zero-order chi connectivity index (χ0) is 19.5. The maximum absolute atomic E-state index is 13.7. The summed E-state index contributed by atoms with van der Waals surface area (Å²) < 4.78 is 22.9. The third-order valence-electron chi connectivity index (χ3n) is 4.34. The van der Waals surface area contributed by atoms with Crippen molar-refractivity contribution in [2.45, 2.75) is 12.6 Å². The normalized spacial score (nSPS) is 12.1. The van der Waals surface area contributed by atoms with Crippen LogP contribution in [0.3, 0.4) is 0 Å².